The van der Waals surface area contributed by atoms with Crippen LogP contribution in [-0.2, 0) is 28.6 Å². The third-order valence-corrected chi connectivity index (χ3v) is 8.85. The number of esters is 2. The Morgan fingerprint density at radius 2 is 1.14 bits per heavy atom. The Bertz CT molecular complexity index is 864. The molecule has 0 spiro atoms. The first-order valence-electron chi connectivity index (χ1n) is 19.9. The minimum absolute atomic E-state index is 0.0381. The van der Waals surface area contributed by atoms with Crippen molar-refractivity contribution < 1.29 is 38.2 Å². The van der Waals surface area contributed by atoms with Crippen molar-refractivity contribution in [3.8, 4) is 0 Å². The van der Waals surface area contributed by atoms with Crippen LogP contribution in [0.3, 0.4) is 0 Å². The molecule has 0 radical (unpaired) electrons. The summed E-state index contributed by atoms with van der Waals surface area (Å²) < 4.78 is 17.1. The van der Waals surface area contributed by atoms with Gasteiger partial charge in [-0.05, 0) is 38.5 Å². The molecule has 49 heavy (non-hydrogen) atoms. The van der Waals surface area contributed by atoms with E-state index in [0.717, 1.165) is 70.6 Å². The van der Waals surface area contributed by atoms with Crippen LogP contribution in [0.15, 0.2) is 24.3 Å². The van der Waals surface area contributed by atoms with Gasteiger partial charge in [0.2, 0.25) is 0 Å². The molecule has 0 fully saturated rings. The number of likely N-dealkylation sites (N-methyl/N-ethyl adjacent to an activating group) is 1. The zero-order valence-corrected chi connectivity index (χ0v) is 32.4. The van der Waals surface area contributed by atoms with E-state index in [-0.39, 0.29) is 42.7 Å². The van der Waals surface area contributed by atoms with Crippen LogP contribution >= 0.6 is 0 Å². The highest BCUT2D eigenvalue weighted by molar-refractivity contribution is 5.70. The molecule has 0 aliphatic carbocycles. The first-order valence-corrected chi connectivity index (χ1v) is 19.9. The molecule has 286 valence electrons. The second-order valence-electron chi connectivity index (χ2n) is 14.5. The van der Waals surface area contributed by atoms with Crippen molar-refractivity contribution in [2.75, 3.05) is 41.0 Å². The molecule has 2 atom stereocenters. The SMILES string of the molecule is CC/C=C/C/C=C/CCCCCCCC(=O)OC(COCCC(C(=O)[O-])[N+](C)(C)C)COC(=O)CCCCCCCCCCCCCCC. The average molecular weight is 694 g/mol. The molecule has 8 nitrogen and oxygen atoms in total. The molecule has 0 aliphatic rings. The molecular weight excluding hydrogens is 618 g/mol. The number of hydrogen-bond donors (Lipinski definition) is 0. The van der Waals surface area contributed by atoms with Gasteiger partial charge in [0, 0.05) is 19.3 Å². The topological polar surface area (TPSA) is 102 Å². The maximum absolute atomic E-state index is 12.6. The van der Waals surface area contributed by atoms with Gasteiger partial charge in [-0.1, -0.05) is 134 Å². The molecule has 0 aromatic heterocycles. The van der Waals surface area contributed by atoms with E-state index in [1.54, 1.807) is 21.1 Å². The van der Waals surface area contributed by atoms with Gasteiger partial charge < -0.3 is 28.6 Å². The molecule has 0 saturated heterocycles. The summed E-state index contributed by atoms with van der Waals surface area (Å²) in [5.41, 5.74) is 0. The maximum Gasteiger partial charge on any atom is 0.306 e. The van der Waals surface area contributed by atoms with Gasteiger partial charge in [0.1, 0.15) is 12.6 Å². The summed E-state index contributed by atoms with van der Waals surface area (Å²) in [6.45, 7) is 4.53. The van der Waals surface area contributed by atoms with Crippen LogP contribution in [0.2, 0.25) is 0 Å². The molecule has 0 aromatic carbocycles. The van der Waals surface area contributed by atoms with Gasteiger partial charge in [0.05, 0.1) is 40.3 Å². The van der Waals surface area contributed by atoms with Gasteiger partial charge in [0.15, 0.2) is 6.10 Å². The van der Waals surface area contributed by atoms with Crippen LogP contribution in [0.4, 0.5) is 0 Å². The highest BCUT2D eigenvalue weighted by Gasteiger charge is 2.25. The molecule has 0 heterocycles. The Kier molecular flexibility index (Phi) is 31.5. The van der Waals surface area contributed by atoms with Crippen LogP contribution < -0.4 is 5.11 Å². The molecule has 0 rings (SSSR count). The van der Waals surface area contributed by atoms with E-state index >= 15 is 0 Å². The molecule has 2 unspecified atom stereocenters. The van der Waals surface area contributed by atoms with E-state index in [1.807, 2.05) is 0 Å². The smallest absolute Gasteiger partial charge is 0.306 e. The molecule has 8 heteroatoms. The summed E-state index contributed by atoms with van der Waals surface area (Å²) in [5, 5.41) is 11.6. The number of nitrogens with zero attached hydrogens (tertiary/aromatic N) is 1. The minimum atomic E-state index is -1.13. The second kappa shape index (κ2) is 33.0. The minimum Gasteiger partial charge on any atom is -0.544 e. The van der Waals surface area contributed by atoms with Crippen molar-refractivity contribution >= 4 is 17.9 Å². The summed E-state index contributed by atoms with van der Waals surface area (Å²) in [5.74, 6) is -1.75. The van der Waals surface area contributed by atoms with E-state index < -0.39 is 18.1 Å². The average Bonchev–Trinajstić information content (AvgIpc) is 3.05. The number of rotatable bonds is 35. The molecule has 0 N–H and O–H groups in total. The Morgan fingerprint density at radius 3 is 1.67 bits per heavy atom. The number of carboxylic acids is 1. The fourth-order valence-corrected chi connectivity index (χ4v) is 5.75. The largest absolute Gasteiger partial charge is 0.544 e. The number of carboxylic acid groups (broad SMARTS) is 1. The Labute approximate surface area is 301 Å². The van der Waals surface area contributed by atoms with Crippen molar-refractivity contribution in [1.82, 2.24) is 0 Å². The first kappa shape index (κ1) is 46.8. The highest BCUT2D eigenvalue weighted by Crippen LogP contribution is 2.14. The molecule has 0 amide bonds. The number of hydrogen-bond acceptors (Lipinski definition) is 7. The van der Waals surface area contributed by atoms with Gasteiger partial charge in [-0.15, -0.1) is 0 Å². The van der Waals surface area contributed by atoms with Gasteiger partial charge in [0.25, 0.3) is 0 Å². The lowest BCUT2D eigenvalue weighted by atomic mass is 10.0. The lowest BCUT2D eigenvalue weighted by molar-refractivity contribution is -0.889. The number of ether oxygens (including phenoxy) is 3. The van der Waals surface area contributed by atoms with E-state index in [1.165, 1.54) is 64.2 Å². The van der Waals surface area contributed by atoms with Crippen LogP contribution in [0.1, 0.15) is 168 Å². The Hall–Kier alpha value is -2.19. The predicted octanol–water partition coefficient (Wildman–Crippen LogP) is 8.80. The summed E-state index contributed by atoms with van der Waals surface area (Å²) in [6, 6.07) is -0.724. The van der Waals surface area contributed by atoms with Crippen molar-refractivity contribution in [1.29, 1.82) is 0 Å². The van der Waals surface area contributed by atoms with E-state index in [4.69, 9.17) is 14.2 Å². The van der Waals surface area contributed by atoms with Gasteiger partial charge in [-0.2, -0.15) is 0 Å². The van der Waals surface area contributed by atoms with Crippen molar-refractivity contribution in [2.24, 2.45) is 0 Å². The fourth-order valence-electron chi connectivity index (χ4n) is 5.75. The molecular formula is C41H75NO7. The van der Waals surface area contributed by atoms with E-state index in [9.17, 15) is 19.5 Å². The number of quaternary nitrogens is 1. The summed E-state index contributed by atoms with van der Waals surface area (Å²) in [4.78, 5) is 36.7. The van der Waals surface area contributed by atoms with Crippen LogP contribution in [-0.4, -0.2) is 75.5 Å². The highest BCUT2D eigenvalue weighted by atomic mass is 16.6. The summed E-state index contributed by atoms with van der Waals surface area (Å²) in [6.07, 6.45) is 33.4. The summed E-state index contributed by atoms with van der Waals surface area (Å²) >= 11 is 0. The predicted molar refractivity (Wildman–Crippen MR) is 199 cm³/mol. The summed E-state index contributed by atoms with van der Waals surface area (Å²) in [7, 11) is 5.39. The van der Waals surface area contributed by atoms with Crippen LogP contribution in [0, 0.1) is 0 Å². The van der Waals surface area contributed by atoms with Gasteiger partial charge in [-0.3, -0.25) is 9.59 Å². The third-order valence-electron chi connectivity index (χ3n) is 8.85. The molecule has 0 bridgehead atoms. The monoisotopic (exact) mass is 694 g/mol. The van der Waals surface area contributed by atoms with Crippen molar-refractivity contribution in [2.45, 2.75) is 180 Å². The standard InChI is InChI=1S/C41H75NO7/c1-6-8-10-12-14-16-18-20-22-23-25-27-29-31-39(43)48-36-37(35-47-34-33-38(41(45)46)42(3,4)5)49-40(44)32-30-28-26-24-21-19-17-15-13-11-9-7-2/h9,11,15,17,37-38H,6-8,10,12-14,16,18-36H2,1-5H3/b11-9+,17-15+. The Morgan fingerprint density at radius 1 is 0.633 bits per heavy atom. The van der Waals surface area contributed by atoms with Crippen LogP contribution in [0.25, 0.3) is 0 Å². The van der Waals surface area contributed by atoms with Gasteiger partial charge >= 0.3 is 11.9 Å². The molecule has 0 aliphatic heterocycles. The van der Waals surface area contributed by atoms with E-state index in [2.05, 4.69) is 38.2 Å². The zero-order valence-electron chi connectivity index (χ0n) is 32.4. The lowest BCUT2D eigenvalue weighted by Gasteiger charge is -2.34. The number of carbonyl (C=O) groups is 3. The first-order chi connectivity index (χ1) is 23.6. The lowest BCUT2D eigenvalue weighted by Crippen LogP contribution is -2.55. The second-order valence-corrected chi connectivity index (χ2v) is 14.5. The van der Waals surface area contributed by atoms with Gasteiger partial charge in [-0.25, -0.2) is 0 Å². The Balaban J connectivity index is 4.40. The number of aliphatic carboxylic acids is 1. The van der Waals surface area contributed by atoms with Crippen LogP contribution in [0.5, 0.6) is 0 Å². The van der Waals surface area contributed by atoms with E-state index in [0.29, 0.717) is 12.8 Å². The number of carbonyl (C=O) groups excluding carboxylic acids is 3. The zero-order chi connectivity index (χ0) is 36.4. The van der Waals surface area contributed by atoms with Crippen molar-refractivity contribution in [3.05, 3.63) is 24.3 Å². The maximum atomic E-state index is 12.6. The molecule has 0 saturated carbocycles. The third kappa shape index (κ3) is 31.5. The molecule has 0 aromatic rings. The number of unbranched alkanes of at least 4 members (excludes halogenated alkanes) is 17. The normalized spacial score (nSPS) is 13.2. The number of allylic oxidation sites excluding steroid dienone is 4. The van der Waals surface area contributed by atoms with Crippen molar-refractivity contribution in [3.63, 3.8) is 0 Å². The fraction of sp³-hybridized carbons (Fsp3) is 0.829. The quantitative estimate of drug-likeness (QED) is 0.0283.